The third-order valence-corrected chi connectivity index (χ3v) is 12.9. The summed E-state index contributed by atoms with van der Waals surface area (Å²) in [6, 6.07) is 9.72. The molecular weight excluding hydrogens is 504 g/mol. The monoisotopic (exact) mass is 545 g/mol. The van der Waals surface area contributed by atoms with E-state index in [0.717, 1.165) is 11.1 Å². The van der Waals surface area contributed by atoms with Gasteiger partial charge in [0.25, 0.3) is 0 Å². The number of carbonyl (C=O) groups excluding carboxylic acids is 1. The van der Waals surface area contributed by atoms with E-state index in [1.54, 1.807) is 31.2 Å². The molecule has 208 valence electrons. The summed E-state index contributed by atoms with van der Waals surface area (Å²) in [6.45, 7) is 15.2. The molecule has 0 bridgehead atoms. The molecule has 4 rings (SSSR count). The van der Waals surface area contributed by atoms with Crippen LogP contribution in [0.5, 0.6) is 5.75 Å². The fraction of sp³-hybridized carbons (Fsp3) is 0.567. The lowest BCUT2D eigenvalue weighted by Gasteiger charge is -2.40. The number of hydrogen-bond donors (Lipinski definition) is 0. The summed E-state index contributed by atoms with van der Waals surface area (Å²) in [4.78, 5) is 15.2. The molecule has 0 N–H and O–H groups in total. The maximum atomic E-state index is 14.9. The van der Waals surface area contributed by atoms with Gasteiger partial charge in [-0.15, -0.1) is 0 Å². The Kier molecular flexibility index (Phi) is 8.36. The lowest BCUT2D eigenvalue weighted by molar-refractivity contribution is -0.149. The predicted octanol–water partition coefficient (Wildman–Crippen LogP) is 6.59. The molecule has 5 nitrogen and oxygen atoms in total. The fourth-order valence-corrected chi connectivity index (χ4v) is 6.20. The van der Waals surface area contributed by atoms with Crippen LogP contribution in [0.4, 0.5) is 8.78 Å². The van der Waals surface area contributed by atoms with Crippen LogP contribution >= 0.6 is 0 Å². The lowest BCUT2D eigenvalue weighted by Crippen LogP contribution is -2.45. The van der Waals surface area contributed by atoms with E-state index < -0.39 is 19.8 Å². The molecule has 2 aromatic carbocycles. The van der Waals surface area contributed by atoms with Gasteiger partial charge >= 0.3 is 5.97 Å². The number of carbonyl (C=O) groups is 1. The maximum absolute atomic E-state index is 14.9. The zero-order valence-corrected chi connectivity index (χ0v) is 24.5. The van der Waals surface area contributed by atoms with Crippen LogP contribution < -0.4 is 4.43 Å². The van der Waals surface area contributed by atoms with Crippen molar-refractivity contribution in [3.8, 4) is 5.75 Å². The number of halogens is 2. The Bertz CT molecular complexity index is 1160. The Morgan fingerprint density at radius 2 is 1.84 bits per heavy atom. The molecule has 0 aromatic heterocycles. The molecule has 1 spiro atoms. The highest BCUT2D eigenvalue weighted by atomic mass is 28.4. The van der Waals surface area contributed by atoms with Gasteiger partial charge in [0.2, 0.25) is 8.32 Å². The van der Waals surface area contributed by atoms with Crippen molar-refractivity contribution in [3.05, 3.63) is 64.7 Å². The first-order valence-corrected chi connectivity index (χ1v) is 16.5. The van der Waals surface area contributed by atoms with Gasteiger partial charge in [-0.1, -0.05) is 26.8 Å². The van der Waals surface area contributed by atoms with Gasteiger partial charge < -0.3 is 18.8 Å². The first kappa shape index (κ1) is 28.7. The number of fused-ring (bicyclic) bond motifs is 2. The number of nitrogens with zero attached hydrogens (tertiary/aromatic N) is 1. The average molecular weight is 546 g/mol. The van der Waals surface area contributed by atoms with E-state index in [-0.39, 0.29) is 35.7 Å². The van der Waals surface area contributed by atoms with E-state index in [1.807, 2.05) is 0 Å². The number of esters is 1. The normalized spacial score (nSPS) is 18.3. The molecule has 2 aromatic rings. The van der Waals surface area contributed by atoms with E-state index >= 15 is 0 Å². The summed E-state index contributed by atoms with van der Waals surface area (Å²) >= 11 is 0. The molecule has 0 saturated carbocycles. The van der Waals surface area contributed by atoms with Crippen LogP contribution in [0.1, 0.15) is 57.2 Å². The molecule has 2 aliphatic heterocycles. The third-order valence-electron chi connectivity index (χ3n) is 8.49. The van der Waals surface area contributed by atoms with Gasteiger partial charge in [-0.05, 0) is 91.3 Å². The Hall–Kier alpha value is -2.29. The van der Waals surface area contributed by atoms with Gasteiger partial charge in [0.1, 0.15) is 17.4 Å². The van der Waals surface area contributed by atoms with Crippen LogP contribution in [-0.2, 0) is 32.9 Å². The van der Waals surface area contributed by atoms with Crippen LogP contribution in [0, 0.1) is 17.6 Å². The smallest absolute Gasteiger partial charge is 0.310 e. The second-order valence-corrected chi connectivity index (χ2v) is 16.9. The molecule has 2 aliphatic rings. The number of hydrogen-bond acceptors (Lipinski definition) is 5. The summed E-state index contributed by atoms with van der Waals surface area (Å²) in [5.74, 6) is -0.805. The molecule has 1 unspecified atom stereocenters. The quantitative estimate of drug-likeness (QED) is 0.277. The minimum Gasteiger partial charge on any atom is -0.543 e. The lowest BCUT2D eigenvalue weighted by atomic mass is 9.83. The highest BCUT2D eigenvalue weighted by Crippen LogP contribution is 2.44. The molecule has 1 saturated heterocycles. The predicted molar refractivity (Wildman–Crippen MR) is 147 cm³/mol. The van der Waals surface area contributed by atoms with Crippen molar-refractivity contribution >= 4 is 14.3 Å². The average Bonchev–Trinajstić information content (AvgIpc) is 3.18. The molecular formula is C30H41F2NO4Si. The topological polar surface area (TPSA) is 48.0 Å². The van der Waals surface area contributed by atoms with Crippen LogP contribution in [0.3, 0.4) is 0 Å². The maximum Gasteiger partial charge on any atom is 0.310 e. The van der Waals surface area contributed by atoms with Crippen LogP contribution in [0.15, 0.2) is 36.4 Å². The number of benzene rings is 2. The first-order chi connectivity index (χ1) is 17.8. The zero-order valence-electron chi connectivity index (χ0n) is 23.5. The highest BCUT2D eigenvalue weighted by molar-refractivity contribution is 6.74. The molecule has 1 atom stereocenters. The Labute approximate surface area is 226 Å². The van der Waals surface area contributed by atoms with Crippen molar-refractivity contribution in [2.45, 2.75) is 77.3 Å². The van der Waals surface area contributed by atoms with Crippen molar-refractivity contribution in [3.63, 3.8) is 0 Å². The van der Waals surface area contributed by atoms with Crippen LogP contribution in [0.25, 0.3) is 0 Å². The van der Waals surface area contributed by atoms with E-state index in [0.29, 0.717) is 50.4 Å². The molecule has 8 heteroatoms. The molecule has 2 heterocycles. The summed E-state index contributed by atoms with van der Waals surface area (Å²) in [5, 5.41) is 0.00988. The fourth-order valence-electron chi connectivity index (χ4n) is 5.18. The summed E-state index contributed by atoms with van der Waals surface area (Å²) in [5.41, 5.74) is 1.96. The Balaban J connectivity index is 1.47. The van der Waals surface area contributed by atoms with Crippen molar-refractivity contribution in [1.29, 1.82) is 0 Å². The first-order valence-electron chi connectivity index (χ1n) is 13.6. The molecule has 0 amide bonds. The Morgan fingerprint density at radius 3 is 2.50 bits per heavy atom. The third kappa shape index (κ3) is 6.13. The number of piperidine rings is 1. The van der Waals surface area contributed by atoms with Gasteiger partial charge in [0.05, 0.1) is 24.7 Å². The largest absolute Gasteiger partial charge is 0.543 e. The molecule has 1 fully saturated rings. The van der Waals surface area contributed by atoms with Crippen molar-refractivity contribution in [1.82, 2.24) is 4.90 Å². The van der Waals surface area contributed by atoms with Crippen LogP contribution in [0.2, 0.25) is 18.1 Å². The Morgan fingerprint density at radius 1 is 1.13 bits per heavy atom. The highest BCUT2D eigenvalue weighted by Gasteiger charge is 2.43. The number of ether oxygens (including phenoxy) is 2. The summed E-state index contributed by atoms with van der Waals surface area (Å²) in [6.07, 6.45) is 1.65. The van der Waals surface area contributed by atoms with E-state index in [9.17, 15) is 13.6 Å². The summed E-state index contributed by atoms with van der Waals surface area (Å²) in [7, 11) is -2.10. The van der Waals surface area contributed by atoms with Gasteiger partial charge in [-0.2, -0.15) is 0 Å². The van der Waals surface area contributed by atoms with Gasteiger partial charge in [-0.3, -0.25) is 4.79 Å². The second kappa shape index (κ2) is 11.1. The van der Waals surface area contributed by atoms with Crippen molar-refractivity contribution in [2.24, 2.45) is 5.92 Å². The van der Waals surface area contributed by atoms with Gasteiger partial charge in [-0.25, -0.2) is 8.78 Å². The van der Waals surface area contributed by atoms with E-state index in [2.05, 4.69) is 38.8 Å². The second-order valence-electron chi connectivity index (χ2n) is 12.2. The van der Waals surface area contributed by atoms with E-state index in [1.165, 1.54) is 12.1 Å². The molecule has 38 heavy (non-hydrogen) atoms. The molecule has 0 radical (unpaired) electrons. The SMILES string of the molecule is CCOC(=O)C(Cc1cc(O[Si](C)(C)C(C)(C)C)ccc1F)CN1CCC2(CC1)OCc1ccc(F)cc12. The van der Waals surface area contributed by atoms with E-state index in [4.69, 9.17) is 13.9 Å². The minimum atomic E-state index is -2.10. The van der Waals surface area contributed by atoms with Gasteiger partial charge in [0, 0.05) is 19.6 Å². The van der Waals surface area contributed by atoms with Crippen LogP contribution in [-0.4, -0.2) is 45.4 Å². The van der Waals surface area contributed by atoms with Crippen molar-refractivity contribution < 1.29 is 27.5 Å². The number of likely N-dealkylation sites (tertiary alicyclic amines) is 1. The standard InChI is InChI=1S/C30H41F2NO4Si/c1-7-35-28(34)23(16-22-17-25(10-11-27(22)32)37-38(5,6)29(2,3)4)19-33-14-12-30(13-15-33)26-18-24(31)9-8-21(26)20-36-30/h8-11,17-18,23H,7,12-16,19-20H2,1-6H3. The summed E-state index contributed by atoms with van der Waals surface area (Å²) < 4.78 is 46.9. The van der Waals surface area contributed by atoms with Gasteiger partial charge in [0.15, 0.2) is 0 Å². The van der Waals surface area contributed by atoms with Crippen molar-refractivity contribution in [2.75, 3.05) is 26.2 Å². The minimum absolute atomic E-state index is 0.00988. The zero-order chi connectivity index (χ0) is 27.7. The number of rotatable bonds is 8. The molecule has 0 aliphatic carbocycles.